The van der Waals surface area contributed by atoms with Gasteiger partial charge < -0.3 is 14.8 Å². The van der Waals surface area contributed by atoms with Gasteiger partial charge in [0.05, 0.1) is 0 Å². The fourth-order valence-corrected chi connectivity index (χ4v) is 2.24. The lowest BCUT2D eigenvalue weighted by Gasteiger charge is -2.30. The zero-order valence-electron chi connectivity index (χ0n) is 15.8. The molecule has 1 atom stereocenters. The van der Waals surface area contributed by atoms with Crippen molar-refractivity contribution in [3.63, 3.8) is 0 Å². The molecule has 0 unspecified atom stereocenters. The molecule has 0 bridgehead atoms. The number of alkyl halides is 2. The van der Waals surface area contributed by atoms with Gasteiger partial charge in [0.15, 0.2) is 0 Å². The summed E-state index contributed by atoms with van der Waals surface area (Å²) in [6.45, 7) is 5.68. The van der Waals surface area contributed by atoms with E-state index in [4.69, 9.17) is 27.9 Å². The lowest BCUT2D eigenvalue weighted by atomic mass is 9.96. The van der Waals surface area contributed by atoms with Crippen molar-refractivity contribution in [3.05, 3.63) is 29.1 Å². The highest BCUT2D eigenvalue weighted by atomic mass is 35.5. The molecule has 0 radical (unpaired) electrons. The molecule has 29 heavy (non-hydrogen) atoms. The molecule has 0 aromatic heterocycles. The number of amides is 1. The Morgan fingerprint density at radius 3 is 1.79 bits per heavy atom. The smallest absolute Gasteiger partial charge is 0.408 e. The molecule has 0 aliphatic rings. The van der Waals surface area contributed by atoms with Crippen LogP contribution in [-0.2, 0) is 9.53 Å². The number of carbonyl (C=O) groups is 2. The van der Waals surface area contributed by atoms with Gasteiger partial charge in [-0.15, -0.1) is 23.2 Å². The van der Waals surface area contributed by atoms with Crippen LogP contribution in [0.1, 0.15) is 40.5 Å². The Balaban J connectivity index is 3.24. The van der Waals surface area contributed by atoms with E-state index in [1.807, 2.05) is 0 Å². The summed E-state index contributed by atoms with van der Waals surface area (Å²) in [5, 5.41) is 2.15. The van der Waals surface area contributed by atoms with E-state index in [0.29, 0.717) is 0 Å². The van der Waals surface area contributed by atoms with Gasteiger partial charge in [-0.25, -0.2) is 22.8 Å². The lowest BCUT2D eigenvalue weighted by molar-refractivity contribution is -0.142. The molecular weight excluding hydrogens is 448 g/mol. The van der Waals surface area contributed by atoms with Crippen LogP contribution < -0.4 is 10.1 Å². The van der Waals surface area contributed by atoms with E-state index in [2.05, 4.69) is 10.1 Å². The number of nitrogens with one attached hydrogen (secondary N) is 1. The van der Waals surface area contributed by atoms with Crippen molar-refractivity contribution >= 4 is 35.3 Å². The van der Waals surface area contributed by atoms with Crippen LogP contribution in [0, 0.1) is 29.1 Å². The molecular formula is C17H18Cl2F5NO4. The maximum Gasteiger partial charge on any atom is 0.408 e. The van der Waals surface area contributed by atoms with E-state index in [1.165, 1.54) is 20.8 Å². The van der Waals surface area contributed by atoms with Crippen molar-refractivity contribution in [1.29, 1.82) is 0 Å². The number of ether oxygens (including phenoxy) is 2. The third-order valence-corrected chi connectivity index (χ3v) is 3.89. The first-order valence-electron chi connectivity index (χ1n) is 8.12. The quantitative estimate of drug-likeness (QED) is 0.157. The molecule has 0 fully saturated rings. The first-order valence-corrected chi connectivity index (χ1v) is 8.99. The number of hydrogen-bond acceptors (Lipinski definition) is 4. The van der Waals surface area contributed by atoms with Crippen LogP contribution in [0.5, 0.6) is 5.75 Å². The molecule has 0 heterocycles. The molecule has 12 heteroatoms. The minimum absolute atomic E-state index is 0.0956. The van der Waals surface area contributed by atoms with Crippen molar-refractivity contribution in [3.8, 4) is 5.75 Å². The van der Waals surface area contributed by atoms with Gasteiger partial charge >= 0.3 is 12.1 Å². The molecule has 164 valence electrons. The molecule has 1 aromatic rings. The second-order valence-corrected chi connectivity index (χ2v) is 8.45. The van der Waals surface area contributed by atoms with Gasteiger partial charge in [0, 0.05) is 0 Å². The Kier molecular flexibility index (Phi) is 8.12. The van der Waals surface area contributed by atoms with Gasteiger partial charge in [0.25, 0.3) is 0 Å². The highest BCUT2D eigenvalue weighted by Crippen LogP contribution is 2.31. The Morgan fingerprint density at radius 2 is 1.38 bits per heavy atom. The molecule has 0 saturated heterocycles. The maximum absolute atomic E-state index is 13.8. The summed E-state index contributed by atoms with van der Waals surface area (Å²) in [5.41, 5.74) is -2.98. The summed E-state index contributed by atoms with van der Waals surface area (Å²) in [7, 11) is 0. The van der Waals surface area contributed by atoms with Crippen LogP contribution in [-0.4, -0.2) is 28.0 Å². The van der Waals surface area contributed by atoms with Gasteiger partial charge in [-0.1, -0.05) is 0 Å². The Morgan fingerprint density at radius 1 is 0.931 bits per heavy atom. The van der Waals surface area contributed by atoms with Gasteiger partial charge in [0.1, 0.15) is 16.0 Å². The molecule has 0 saturated carbocycles. The second-order valence-electron chi connectivity index (χ2n) is 7.18. The van der Waals surface area contributed by atoms with Gasteiger partial charge in [-0.2, -0.15) is 8.78 Å². The lowest BCUT2D eigenvalue weighted by Crippen LogP contribution is -2.55. The van der Waals surface area contributed by atoms with Crippen molar-refractivity contribution in [2.24, 2.45) is 0 Å². The summed E-state index contributed by atoms with van der Waals surface area (Å²) in [6, 6.07) is 0. The number of benzene rings is 1. The SMILES string of the molecule is CC(C)(C)OC(=O)N[C@@](C)(CCC(Cl)Cl)C(=O)Oc1c(F)c(F)c(F)c(F)c1F. The van der Waals surface area contributed by atoms with Gasteiger partial charge in [-0.05, 0) is 40.5 Å². The zero-order valence-corrected chi connectivity index (χ0v) is 17.3. The Hall–Kier alpha value is -1.81. The van der Waals surface area contributed by atoms with Crippen LogP contribution in [0.25, 0.3) is 0 Å². The standard InChI is InChI=1S/C17H18Cl2F5NO4/c1-16(2,3)29-15(27)25-17(4,6-5-7(18)19)14(26)28-13-11(23)9(21)8(20)10(22)12(13)24/h7H,5-6H2,1-4H3,(H,25,27)/t17-/m0/s1. The van der Waals surface area contributed by atoms with Crippen LogP contribution in [0.15, 0.2) is 0 Å². The fraction of sp³-hybridized carbons (Fsp3) is 0.529. The van der Waals surface area contributed by atoms with Crippen LogP contribution >= 0.6 is 23.2 Å². The molecule has 0 aliphatic carbocycles. The summed E-state index contributed by atoms with van der Waals surface area (Å²) in [4.78, 5) is 23.6. The van der Waals surface area contributed by atoms with Crippen LogP contribution in [0.3, 0.4) is 0 Å². The summed E-state index contributed by atoms with van der Waals surface area (Å²) >= 11 is 11.2. The van der Waals surface area contributed by atoms with E-state index >= 15 is 0 Å². The number of hydrogen-bond donors (Lipinski definition) is 1. The number of esters is 1. The monoisotopic (exact) mass is 465 g/mol. The van der Waals surface area contributed by atoms with Crippen LogP contribution in [0.2, 0.25) is 0 Å². The number of halogens is 7. The van der Waals surface area contributed by atoms with E-state index in [1.54, 1.807) is 0 Å². The van der Waals surface area contributed by atoms with E-state index in [0.717, 1.165) is 6.92 Å². The molecule has 0 spiro atoms. The Bertz CT molecular complexity index is 772. The average molecular weight is 466 g/mol. The predicted octanol–water partition coefficient (Wildman–Crippen LogP) is 5.15. The van der Waals surface area contributed by atoms with E-state index in [-0.39, 0.29) is 12.8 Å². The third kappa shape index (κ3) is 6.60. The first kappa shape index (κ1) is 25.2. The van der Waals surface area contributed by atoms with Crippen LogP contribution in [0.4, 0.5) is 26.7 Å². The molecule has 1 rings (SSSR count). The van der Waals surface area contributed by atoms with E-state index < -0.39 is 62.9 Å². The predicted molar refractivity (Wildman–Crippen MR) is 94.4 cm³/mol. The second kappa shape index (κ2) is 9.34. The molecule has 1 N–H and O–H groups in total. The molecule has 1 amide bonds. The topological polar surface area (TPSA) is 64.6 Å². The summed E-state index contributed by atoms with van der Waals surface area (Å²) < 4.78 is 76.8. The zero-order chi connectivity index (χ0) is 22.7. The number of alkyl carbamates (subject to hydrolysis) is 1. The summed E-state index contributed by atoms with van der Waals surface area (Å²) in [6.07, 6.45) is -1.50. The van der Waals surface area contributed by atoms with E-state index in [9.17, 15) is 31.5 Å². The minimum atomic E-state index is -2.42. The van der Waals surface area contributed by atoms with Crippen molar-refractivity contribution in [2.45, 2.75) is 56.5 Å². The molecule has 1 aromatic carbocycles. The van der Waals surface area contributed by atoms with Crippen molar-refractivity contribution in [1.82, 2.24) is 5.32 Å². The maximum atomic E-state index is 13.8. The van der Waals surface area contributed by atoms with Crippen molar-refractivity contribution < 1.29 is 41.0 Å². The third-order valence-electron chi connectivity index (χ3n) is 3.45. The summed E-state index contributed by atoms with van der Waals surface area (Å²) in [5.74, 6) is -15.0. The highest BCUT2D eigenvalue weighted by molar-refractivity contribution is 6.44. The average Bonchev–Trinajstić information content (AvgIpc) is 2.58. The van der Waals surface area contributed by atoms with Crippen molar-refractivity contribution in [2.75, 3.05) is 0 Å². The molecule has 5 nitrogen and oxygen atoms in total. The largest absolute Gasteiger partial charge is 0.444 e. The molecule has 0 aliphatic heterocycles. The number of carbonyl (C=O) groups excluding carboxylic acids is 2. The first-order chi connectivity index (χ1) is 13.1. The van der Waals surface area contributed by atoms with Gasteiger partial charge in [0.2, 0.25) is 34.8 Å². The minimum Gasteiger partial charge on any atom is -0.444 e. The number of rotatable bonds is 6. The fourth-order valence-electron chi connectivity index (χ4n) is 2.02. The Labute approximate surface area is 173 Å². The highest BCUT2D eigenvalue weighted by Gasteiger charge is 2.40. The normalized spacial score (nSPS) is 13.8. The van der Waals surface area contributed by atoms with Gasteiger partial charge in [-0.3, -0.25) is 0 Å².